The average Bonchev–Trinajstić information content (AvgIpc) is 2.84. The third-order valence-electron chi connectivity index (χ3n) is 5.86. The smallest absolute Gasteiger partial charge is 0.308 e. The molecule has 192 valence electrons. The molecule has 2 N–H and O–H groups in total. The molecule has 1 aliphatic heterocycles. The number of hydrogen-bond acceptors (Lipinski definition) is 5. The molecule has 0 aliphatic carbocycles. The van der Waals surface area contributed by atoms with Crippen molar-refractivity contribution in [3.8, 4) is 0 Å². The maximum Gasteiger partial charge on any atom is 0.308 e. The SMILES string of the molecule is CCCCCCCCCCOC(=O)CC1C(=O)NCCN1C(=O)/C(=C/c1ccccc1)NC(C)=O. The zero-order valence-corrected chi connectivity index (χ0v) is 21.0. The van der Waals surface area contributed by atoms with Crippen molar-refractivity contribution in [2.24, 2.45) is 0 Å². The summed E-state index contributed by atoms with van der Waals surface area (Å²) in [5, 5.41) is 5.28. The number of rotatable bonds is 14. The number of ether oxygens (including phenoxy) is 1. The molecule has 1 fully saturated rings. The van der Waals surface area contributed by atoms with Crippen molar-refractivity contribution in [3.63, 3.8) is 0 Å². The molecule has 0 aromatic heterocycles. The Morgan fingerprint density at radius 3 is 2.37 bits per heavy atom. The summed E-state index contributed by atoms with van der Waals surface area (Å²) in [5.74, 6) is -1.83. The van der Waals surface area contributed by atoms with Gasteiger partial charge >= 0.3 is 5.97 Å². The van der Waals surface area contributed by atoms with Gasteiger partial charge in [0.05, 0.1) is 13.0 Å². The van der Waals surface area contributed by atoms with Gasteiger partial charge in [-0.1, -0.05) is 82.2 Å². The van der Waals surface area contributed by atoms with Gasteiger partial charge in [-0.15, -0.1) is 0 Å². The van der Waals surface area contributed by atoms with E-state index in [1.807, 2.05) is 18.2 Å². The predicted octanol–water partition coefficient (Wildman–Crippen LogP) is 3.56. The number of hydrogen-bond donors (Lipinski definition) is 2. The fourth-order valence-corrected chi connectivity index (χ4v) is 4.01. The summed E-state index contributed by atoms with van der Waals surface area (Å²) in [5.41, 5.74) is 0.781. The summed E-state index contributed by atoms with van der Waals surface area (Å²) >= 11 is 0. The van der Waals surface area contributed by atoms with E-state index in [0.29, 0.717) is 6.61 Å². The molecule has 0 bridgehead atoms. The van der Waals surface area contributed by atoms with Gasteiger partial charge in [-0.25, -0.2) is 0 Å². The van der Waals surface area contributed by atoms with Gasteiger partial charge in [0, 0.05) is 20.0 Å². The molecule has 1 heterocycles. The van der Waals surface area contributed by atoms with Crippen molar-refractivity contribution in [2.45, 2.75) is 77.7 Å². The molecule has 8 nitrogen and oxygen atoms in total. The zero-order valence-electron chi connectivity index (χ0n) is 21.0. The van der Waals surface area contributed by atoms with E-state index >= 15 is 0 Å². The third kappa shape index (κ3) is 10.3. The number of carbonyl (C=O) groups is 4. The highest BCUT2D eigenvalue weighted by Crippen LogP contribution is 2.16. The number of nitrogens with zero attached hydrogens (tertiary/aromatic N) is 1. The van der Waals surface area contributed by atoms with Crippen LogP contribution in [0.1, 0.15) is 77.2 Å². The second-order valence-corrected chi connectivity index (χ2v) is 8.85. The number of amides is 3. The molecule has 0 radical (unpaired) electrons. The van der Waals surface area contributed by atoms with E-state index < -0.39 is 29.7 Å². The predicted molar refractivity (Wildman–Crippen MR) is 135 cm³/mol. The van der Waals surface area contributed by atoms with E-state index in [-0.39, 0.29) is 25.2 Å². The third-order valence-corrected chi connectivity index (χ3v) is 5.86. The van der Waals surface area contributed by atoms with Crippen molar-refractivity contribution >= 4 is 29.8 Å². The lowest BCUT2D eigenvalue weighted by Gasteiger charge is -2.35. The highest BCUT2D eigenvalue weighted by molar-refractivity contribution is 6.03. The van der Waals surface area contributed by atoms with Crippen LogP contribution in [0.3, 0.4) is 0 Å². The normalized spacial score (nSPS) is 15.9. The first kappa shape index (κ1) is 28.1. The Kier molecular flexibility index (Phi) is 12.6. The van der Waals surface area contributed by atoms with Gasteiger partial charge in [-0.3, -0.25) is 19.2 Å². The molecule has 1 aliphatic rings. The largest absolute Gasteiger partial charge is 0.466 e. The number of piperazine rings is 1. The molecule has 3 amide bonds. The molecule has 1 atom stereocenters. The Labute approximate surface area is 208 Å². The van der Waals surface area contributed by atoms with Crippen LogP contribution >= 0.6 is 0 Å². The van der Waals surface area contributed by atoms with E-state index in [1.54, 1.807) is 18.2 Å². The van der Waals surface area contributed by atoms with Crippen LogP contribution in [-0.2, 0) is 23.9 Å². The quantitative estimate of drug-likeness (QED) is 0.238. The second kappa shape index (κ2) is 15.7. The van der Waals surface area contributed by atoms with E-state index in [4.69, 9.17) is 4.74 Å². The van der Waals surface area contributed by atoms with E-state index in [1.165, 1.54) is 43.9 Å². The van der Waals surface area contributed by atoms with Gasteiger partial charge in [-0.2, -0.15) is 0 Å². The monoisotopic (exact) mass is 485 g/mol. The van der Waals surface area contributed by atoms with Gasteiger partial charge in [0.1, 0.15) is 11.7 Å². The Morgan fingerprint density at radius 2 is 1.71 bits per heavy atom. The number of nitrogens with one attached hydrogen (secondary N) is 2. The molecule has 8 heteroatoms. The van der Waals surface area contributed by atoms with Gasteiger partial charge in [0.15, 0.2) is 0 Å². The molecule has 2 rings (SSSR count). The van der Waals surface area contributed by atoms with Crippen LogP contribution in [0.5, 0.6) is 0 Å². The fourth-order valence-electron chi connectivity index (χ4n) is 4.01. The minimum Gasteiger partial charge on any atom is -0.466 e. The summed E-state index contributed by atoms with van der Waals surface area (Å²) < 4.78 is 5.35. The Bertz CT molecular complexity index is 869. The van der Waals surface area contributed by atoms with Crippen molar-refractivity contribution < 1.29 is 23.9 Å². The van der Waals surface area contributed by atoms with Crippen LogP contribution in [0.2, 0.25) is 0 Å². The molecule has 1 aromatic rings. The summed E-state index contributed by atoms with van der Waals surface area (Å²) in [6.45, 7) is 4.32. The van der Waals surface area contributed by atoms with E-state index in [0.717, 1.165) is 24.8 Å². The fraction of sp³-hybridized carbons (Fsp3) is 0.556. The lowest BCUT2D eigenvalue weighted by Crippen LogP contribution is -2.58. The first-order valence-electron chi connectivity index (χ1n) is 12.7. The molecule has 1 aromatic carbocycles. The number of unbranched alkanes of at least 4 members (excludes halogenated alkanes) is 7. The molecular weight excluding hydrogens is 446 g/mol. The lowest BCUT2D eigenvalue weighted by atomic mass is 10.1. The second-order valence-electron chi connectivity index (χ2n) is 8.85. The standard InChI is InChI=1S/C27H39N3O5/c1-3-4-5-6-7-8-9-13-18-35-25(32)20-24-26(33)28-16-17-30(24)27(34)23(29-21(2)31)19-22-14-11-10-12-15-22/h10-12,14-15,19,24H,3-9,13,16-18,20H2,1-2H3,(H,28,33)(H,29,31)/b23-19-. The first-order chi connectivity index (χ1) is 16.9. The zero-order chi connectivity index (χ0) is 25.5. The van der Waals surface area contributed by atoms with Crippen molar-refractivity contribution in [1.29, 1.82) is 0 Å². The number of benzene rings is 1. The highest BCUT2D eigenvalue weighted by atomic mass is 16.5. The van der Waals surface area contributed by atoms with Crippen LogP contribution in [-0.4, -0.2) is 54.3 Å². The van der Waals surface area contributed by atoms with E-state index in [2.05, 4.69) is 17.6 Å². The van der Waals surface area contributed by atoms with Crippen LogP contribution in [0.25, 0.3) is 6.08 Å². The Morgan fingerprint density at radius 1 is 1.06 bits per heavy atom. The van der Waals surface area contributed by atoms with Crippen LogP contribution in [0, 0.1) is 0 Å². The summed E-state index contributed by atoms with van der Waals surface area (Å²) in [4.78, 5) is 51.4. The van der Waals surface area contributed by atoms with Crippen LogP contribution in [0.4, 0.5) is 0 Å². The Balaban J connectivity index is 1.93. The summed E-state index contributed by atoms with van der Waals surface area (Å²) in [6.07, 6.45) is 10.5. The maximum atomic E-state index is 13.3. The summed E-state index contributed by atoms with van der Waals surface area (Å²) in [6, 6.07) is 8.11. The molecule has 1 saturated heterocycles. The minimum absolute atomic E-state index is 0.0516. The van der Waals surface area contributed by atoms with Gasteiger partial charge in [0.2, 0.25) is 11.8 Å². The molecule has 35 heavy (non-hydrogen) atoms. The number of carbonyl (C=O) groups excluding carboxylic acids is 4. The lowest BCUT2D eigenvalue weighted by molar-refractivity contribution is -0.151. The maximum absolute atomic E-state index is 13.3. The number of esters is 1. The van der Waals surface area contributed by atoms with Gasteiger partial charge in [0.25, 0.3) is 5.91 Å². The summed E-state index contributed by atoms with van der Waals surface area (Å²) in [7, 11) is 0. The van der Waals surface area contributed by atoms with Crippen molar-refractivity contribution in [1.82, 2.24) is 15.5 Å². The average molecular weight is 486 g/mol. The topological polar surface area (TPSA) is 105 Å². The van der Waals surface area contributed by atoms with Gasteiger partial charge in [-0.05, 0) is 18.1 Å². The first-order valence-corrected chi connectivity index (χ1v) is 12.7. The van der Waals surface area contributed by atoms with Crippen LogP contribution < -0.4 is 10.6 Å². The van der Waals surface area contributed by atoms with Crippen LogP contribution in [0.15, 0.2) is 36.0 Å². The molecular formula is C27H39N3O5. The van der Waals surface area contributed by atoms with Crippen molar-refractivity contribution in [3.05, 3.63) is 41.6 Å². The van der Waals surface area contributed by atoms with Crippen molar-refractivity contribution in [2.75, 3.05) is 19.7 Å². The Hall–Kier alpha value is -3.16. The molecule has 0 spiro atoms. The highest BCUT2D eigenvalue weighted by Gasteiger charge is 2.36. The van der Waals surface area contributed by atoms with Gasteiger partial charge < -0.3 is 20.3 Å². The minimum atomic E-state index is -0.991. The molecule has 0 saturated carbocycles. The molecule has 1 unspecified atom stereocenters. The van der Waals surface area contributed by atoms with E-state index in [9.17, 15) is 19.2 Å².